The molecule has 3 aromatic rings. The summed E-state index contributed by atoms with van der Waals surface area (Å²) in [5.41, 5.74) is 1.08. The van der Waals surface area contributed by atoms with Crippen LogP contribution in [-0.4, -0.2) is 44.3 Å². The second-order valence-corrected chi connectivity index (χ2v) is 6.55. The lowest BCUT2D eigenvalue weighted by Gasteiger charge is -2.37. The number of aromatic hydroxyl groups is 1. The minimum Gasteiger partial charge on any atom is -0.502 e. The summed E-state index contributed by atoms with van der Waals surface area (Å²) in [5.74, 6) is -1.21. The molecule has 7 nitrogen and oxygen atoms in total. The molecule has 3 heterocycles. The zero-order chi connectivity index (χ0) is 19.0. The number of benzene rings is 1. The van der Waals surface area contributed by atoms with Crippen LogP contribution < -0.4 is 5.43 Å². The highest BCUT2D eigenvalue weighted by molar-refractivity contribution is 5.95. The Morgan fingerprint density at radius 1 is 1.11 bits per heavy atom. The summed E-state index contributed by atoms with van der Waals surface area (Å²) in [6.07, 6.45) is 2.77. The van der Waals surface area contributed by atoms with E-state index in [-0.39, 0.29) is 17.7 Å². The number of hydrogen-bond donors (Lipinski definition) is 1. The number of rotatable bonds is 3. The zero-order valence-corrected chi connectivity index (χ0v) is 14.7. The fourth-order valence-corrected chi connectivity index (χ4v) is 3.59. The van der Waals surface area contributed by atoms with Crippen LogP contribution in [0.4, 0.5) is 0 Å². The van der Waals surface area contributed by atoms with Crippen molar-refractivity contribution in [2.24, 2.45) is 0 Å². The minimum absolute atomic E-state index is 0.0851. The number of nitrogens with zero attached hydrogens (tertiary/aromatic N) is 4. The first-order valence-corrected chi connectivity index (χ1v) is 8.60. The molecule has 2 atom stereocenters. The fourth-order valence-electron chi connectivity index (χ4n) is 3.59. The van der Waals surface area contributed by atoms with Gasteiger partial charge in [-0.25, -0.2) is 0 Å². The van der Waals surface area contributed by atoms with Crippen LogP contribution in [0.25, 0.3) is 0 Å². The third-order valence-corrected chi connectivity index (χ3v) is 4.86. The number of carbonyl (C=O) groups is 1. The van der Waals surface area contributed by atoms with E-state index in [1.165, 1.54) is 9.58 Å². The third kappa shape index (κ3) is 2.87. The molecule has 0 bridgehead atoms. The summed E-state index contributed by atoms with van der Waals surface area (Å²) in [7, 11) is 1.65. The molecule has 1 amide bonds. The van der Waals surface area contributed by atoms with Gasteiger partial charge in [-0.1, -0.05) is 36.4 Å². The van der Waals surface area contributed by atoms with Crippen molar-refractivity contribution in [1.29, 1.82) is 0 Å². The molecule has 0 aliphatic carbocycles. The van der Waals surface area contributed by atoms with Crippen molar-refractivity contribution in [2.75, 3.05) is 13.6 Å². The van der Waals surface area contributed by atoms with Crippen molar-refractivity contribution in [3.63, 3.8) is 0 Å². The molecule has 1 aliphatic rings. The number of hydrogen-bond acceptors (Lipinski definition) is 5. The molecule has 27 heavy (non-hydrogen) atoms. The van der Waals surface area contributed by atoms with Crippen LogP contribution in [-0.2, 0) is 0 Å². The van der Waals surface area contributed by atoms with Gasteiger partial charge < -0.3 is 10.0 Å². The number of pyridine rings is 1. The van der Waals surface area contributed by atoms with Crippen molar-refractivity contribution >= 4 is 5.91 Å². The first-order chi connectivity index (χ1) is 13.1. The number of amides is 1. The first kappa shape index (κ1) is 17.0. The van der Waals surface area contributed by atoms with Gasteiger partial charge in [0.15, 0.2) is 11.4 Å². The topological polar surface area (TPSA) is 88.3 Å². The van der Waals surface area contributed by atoms with E-state index in [2.05, 4.69) is 10.1 Å². The Bertz CT molecular complexity index is 995. The molecule has 0 fully saturated rings. The summed E-state index contributed by atoms with van der Waals surface area (Å²) < 4.78 is 1.46. The van der Waals surface area contributed by atoms with Gasteiger partial charge in [0.2, 0.25) is 5.43 Å². The maximum absolute atomic E-state index is 12.6. The van der Waals surface area contributed by atoms with E-state index in [1.54, 1.807) is 13.2 Å². The van der Waals surface area contributed by atoms with Crippen LogP contribution in [0.3, 0.4) is 0 Å². The Hall–Kier alpha value is -3.48. The standard InChI is InChI=1S/C20H18N4O3/c1-23-12-15(24-18(20(23)27)19(26)16(25)11-22-24)17(13-7-3-2-4-8-13)14-9-5-6-10-21-14/h2-11,15,17,26H,12H2,1H3/t15?,17-/m0/s1. The maximum Gasteiger partial charge on any atom is 0.275 e. The molecule has 1 aliphatic heterocycles. The van der Waals surface area contributed by atoms with E-state index in [9.17, 15) is 14.7 Å². The Morgan fingerprint density at radius 2 is 1.85 bits per heavy atom. The smallest absolute Gasteiger partial charge is 0.275 e. The number of carbonyl (C=O) groups excluding carboxylic acids is 1. The Labute approximate surface area is 155 Å². The molecule has 0 saturated carbocycles. The molecular formula is C20H18N4O3. The van der Waals surface area contributed by atoms with Gasteiger partial charge in [-0.15, -0.1) is 0 Å². The van der Waals surface area contributed by atoms with Gasteiger partial charge in [-0.05, 0) is 17.7 Å². The van der Waals surface area contributed by atoms with Crippen LogP contribution in [0.2, 0.25) is 0 Å². The van der Waals surface area contributed by atoms with Crippen LogP contribution in [0.15, 0.2) is 65.7 Å². The summed E-state index contributed by atoms with van der Waals surface area (Å²) >= 11 is 0. The highest BCUT2D eigenvalue weighted by atomic mass is 16.3. The monoisotopic (exact) mass is 362 g/mol. The van der Waals surface area contributed by atoms with Crippen LogP contribution in [0.5, 0.6) is 5.75 Å². The average Bonchev–Trinajstić information content (AvgIpc) is 2.70. The molecule has 1 unspecified atom stereocenters. The van der Waals surface area contributed by atoms with Gasteiger partial charge in [0.25, 0.3) is 5.91 Å². The molecule has 136 valence electrons. The van der Waals surface area contributed by atoms with E-state index < -0.39 is 17.1 Å². The van der Waals surface area contributed by atoms with Crippen molar-refractivity contribution in [3.05, 3.63) is 88.1 Å². The van der Waals surface area contributed by atoms with Crippen molar-refractivity contribution in [1.82, 2.24) is 19.7 Å². The Morgan fingerprint density at radius 3 is 2.56 bits per heavy atom. The van der Waals surface area contributed by atoms with Gasteiger partial charge in [-0.3, -0.25) is 19.3 Å². The van der Waals surface area contributed by atoms with Crippen LogP contribution >= 0.6 is 0 Å². The number of likely N-dealkylation sites (N-methyl/N-ethyl adjacent to an activating group) is 1. The molecule has 0 spiro atoms. The lowest BCUT2D eigenvalue weighted by atomic mass is 9.86. The molecule has 0 saturated heterocycles. The van der Waals surface area contributed by atoms with Crippen LogP contribution in [0, 0.1) is 0 Å². The quantitative estimate of drug-likeness (QED) is 0.768. The fraction of sp³-hybridized carbons (Fsp3) is 0.200. The average molecular weight is 362 g/mol. The van der Waals surface area contributed by atoms with Gasteiger partial charge in [0, 0.05) is 19.8 Å². The third-order valence-electron chi connectivity index (χ3n) is 4.86. The van der Waals surface area contributed by atoms with E-state index >= 15 is 0 Å². The number of fused-ring (bicyclic) bond motifs is 1. The highest BCUT2D eigenvalue weighted by Crippen LogP contribution is 2.37. The summed E-state index contributed by atoms with van der Waals surface area (Å²) in [6.45, 7) is 0.372. The van der Waals surface area contributed by atoms with Gasteiger partial charge >= 0.3 is 0 Å². The lowest BCUT2D eigenvalue weighted by Crippen LogP contribution is -2.45. The zero-order valence-electron chi connectivity index (χ0n) is 14.7. The van der Waals surface area contributed by atoms with E-state index in [0.717, 1.165) is 17.5 Å². The molecule has 2 aromatic heterocycles. The SMILES string of the molecule is CN1CC([C@@H](c2ccccc2)c2ccccn2)n2ncc(=O)c(O)c2C1=O. The molecular weight excluding hydrogens is 344 g/mol. The molecule has 0 radical (unpaired) electrons. The van der Waals surface area contributed by atoms with E-state index in [0.29, 0.717) is 6.54 Å². The normalized spacial score (nSPS) is 17.4. The Balaban J connectivity index is 1.94. The lowest BCUT2D eigenvalue weighted by molar-refractivity contribution is 0.0685. The number of aromatic nitrogens is 3. The molecule has 7 heteroatoms. The second-order valence-electron chi connectivity index (χ2n) is 6.55. The largest absolute Gasteiger partial charge is 0.502 e. The van der Waals surface area contributed by atoms with Crippen molar-refractivity contribution in [3.8, 4) is 5.75 Å². The van der Waals surface area contributed by atoms with Gasteiger partial charge in [0.05, 0.1) is 23.9 Å². The van der Waals surface area contributed by atoms with Crippen molar-refractivity contribution in [2.45, 2.75) is 12.0 Å². The predicted molar refractivity (Wildman–Crippen MR) is 98.7 cm³/mol. The second kappa shape index (κ2) is 6.68. The van der Waals surface area contributed by atoms with E-state index in [1.807, 2.05) is 48.5 Å². The Kier molecular flexibility index (Phi) is 4.19. The molecule has 1 N–H and O–H groups in total. The van der Waals surface area contributed by atoms with E-state index in [4.69, 9.17) is 0 Å². The van der Waals surface area contributed by atoms with Gasteiger partial charge in [0.1, 0.15) is 0 Å². The van der Waals surface area contributed by atoms with Gasteiger partial charge in [-0.2, -0.15) is 5.10 Å². The molecule has 1 aromatic carbocycles. The first-order valence-electron chi connectivity index (χ1n) is 8.60. The minimum atomic E-state index is -0.669. The maximum atomic E-state index is 12.6. The highest BCUT2D eigenvalue weighted by Gasteiger charge is 2.38. The van der Waals surface area contributed by atoms with Crippen molar-refractivity contribution < 1.29 is 9.90 Å². The summed E-state index contributed by atoms with van der Waals surface area (Å²) in [5, 5.41) is 14.4. The summed E-state index contributed by atoms with van der Waals surface area (Å²) in [4.78, 5) is 30.5. The summed E-state index contributed by atoms with van der Waals surface area (Å²) in [6, 6.07) is 15.2. The van der Waals surface area contributed by atoms with Crippen LogP contribution in [0.1, 0.15) is 33.7 Å². The predicted octanol–water partition coefficient (Wildman–Crippen LogP) is 1.80. The molecule has 4 rings (SSSR count).